The van der Waals surface area contributed by atoms with Crippen molar-refractivity contribution in [3.8, 4) is 0 Å². The van der Waals surface area contributed by atoms with Gasteiger partial charge in [0.25, 0.3) is 0 Å². The molecule has 1 aromatic heterocycles. The maximum atomic E-state index is 13.6. The molecule has 0 saturated carbocycles. The summed E-state index contributed by atoms with van der Waals surface area (Å²) >= 11 is 5.90. The van der Waals surface area contributed by atoms with E-state index in [0.717, 1.165) is 5.56 Å². The summed E-state index contributed by atoms with van der Waals surface area (Å²) < 4.78 is 40.7. The van der Waals surface area contributed by atoms with Crippen LogP contribution in [0.1, 0.15) is 16.8 Å². The standard InChI is InChI=1S/C20H18ClF3N4/c1-28(12-14-6-3-2-4-7-14)13-15-11-25-19(27-18(15)20(22,23)24)26-17-9-5-8-16(21)10-17/h2-11H,12-13H2,1H3,(H,25,26,27). The largest absolute Gasteiger partial charge is 0.433 e. The van der Waals surface area contributed by atoms with Crippen LogP contribution in [0.3, 0.4) is 0 Å². The van der Waals surface area contributed by atoms with Crippen LogP contribution >= 0.6 is 11.6 Å². The van der Waals surface area contributed by atoms with Crippen LogP contribution in [0.25, 0.3) is 0 Å². The van der Waals surface area contributed by atoms with Gasteiger partial charge in [0.05, 0.1) is 0 Å². The molecule has 3 rings (SSSR count). The number of alkyl halides is 3. The zero-order valence-corrected chi connectivity index (χ0v) is 15.8. The van der Waals surface area contributed by atoms with E-state index in [1.54, 1.807) is 36.2 Å². The van der Waals surface area contributed by atoms with Crippen molar-refractivity contribution < 1.29 is 13.2 Å². The highest BCUT2D eigenvalue weighted by atomic mass is 35.5. The molecule has 0 fully saturated rings. The van der Waals surface area contributed by atoms with E-state index in [1.807, 2.05) is 30.3 Å². The molecule has 0 aliphatic rings. The van der Waals surface area contributed by atoms with Gasteiger partial charge in [-0.2, -0.15) is 13.2 Å². The zero-order chi connectivity index (χ0) is 20.1. The minimum atomic E-state index is -4.59. The molecule has 28 heavy (non-hydrogen) atoms. The quantitative estimate of drug-likeness (QED) is 0.584. The average Bonchev–Trinajstić information content (AvgIpc) is 2.63. The predicted octanol–water partition coefficient (Wildman–Crippen LogP) is 5.52. The minimum Gasteiger partial charge on any atom is -0.324 e. The van der Waals surface area contributed by atoms with Crippen molar-refractivity contribution in [2.75, 3.05) is 12.4 Å². The lowest BCUT2D eigenvalue weighted by atomic mass is 10.2. The first-order valence-corrected chi connectivity index (χ1v) is 8.87. The van der Waals surface area contributed by atoms with E-state index in [0.29, 0.717) is 17.3 Å². The summed E-state index contributed by atoms with van der Waals surface area (Å²) in [6.07, 6.45) is -3.37. The van der Waals surface area contributed by atoms with Gasteiger partial charge in [-0.3, -0.25) is 4.90 Å². The highest BCUT2D eigenvalue weighted by molar-refractivity contribution is 6.30. The summed E-state index contributed by atoms with van der Waals surface area (Å²) in [6, 6.07) is 16.1. The summed E-state index contributed by atoms with van der Waals surface area (Å²) in [7, 11) is 1.76. The van der Waals surface area contributed by atoms with Crippen LogP contribution in [0, 0.1) is 0 Å². The molecule has 4 nitrogen and oxygen atoms in total. The van der Waals surface area contributed by atoms with Crippen LogP contribution in [-0.2, 0) is 19.3 Å². The fourth-order valence-electron chi connectivity index (χ4n) is 2.77. The molecule has 2 aromatic carbocycles. The monoisotopic (exact) mass is 406 g/mol. The van der Waals surface area contributed by atoms with Crippen molar-refractivity contribution in [1.82, 2.24) is 14.9 Å². The fourth-order valence-corrected chi connectivity index (χ4v) is 2.96. The summed E-state index contributed by atoms with van der Waals surface area (Å²) in [6.45, 7) is 0.585. The number of nitrogens with one attached hydrogen (secondary N) is 1. The summed E-state index contributed by atoms with van der Waals surface area (Å²) in [5.74, 6) is -0.135. The third kappa shape index (κ3) is 5.43. The van der Waals surface area contributed by atoms with Crippen molar-refractivity contribution in [2.45, 2.75) is 19.3 Å². The molecule has 1 N–H and O–H groups in total. The van der Waals surface area contributed by atoms with E-state index in [9.17, 15) is 13.2 Å². The van der Waals surface area contributed by atoms with Crippen molar-refractivity contribution in [2.24, 2.45) is 0 Å². The maximum absolute atomic E-state index is 13.6. The van der Waals surface area contributed by atoms with Crippen LogP contribution in [0.5, 0.6) is 0 Å². The van der Waals surface area contributed by atoms with E-state index in [-0.39, 0.29) is 18.1 Å². The first kappa shape index (κ1) is 20.1. The van der Waals surface area contributed by atoms with E-state index in [2.05, 4.69) is 15.3 Å². The number of anilines is 2. The smallest absolute Gasteiger partial charge is 0.324 e. The molecule has 0 saturated heterocycles. The molecule has 3 aromatic rings. The first-order valence-electron chi connectivity index (χ1n) is 8.49. The van der Waals surface area contributed by atoms with E-state index in [1.165, 1.54) is 6.20 Å². The molecule has 0 unspecified atom stereocenters. The van der Waals surface area contributed by atoms with Gasteiger partial charge in [-0.15, -0.1) is 0 Å². The Hall–Kier alpha value is -2.64. The number of nitrogens with zero attached hydrogens (tertiary/aromatic N) is 3. The lowest BCUT2D eigenvalue weighted by Crippen LogP contribution is -2.22. The fraction of sp³-hybridized carbons (Fsp3) is 0.200. The predicted molar refractivity (Wildman–Crippen MR) is 103 cm³/mol. The van der Waals surface area contributed by atoms with Gasteiger partial charge in [0, 0.05) is 35.6 Å². The minimum absolute atomic E-state index is 0.0163. The second-order valence-corrected chi connectivity index (χ2v) is 6.79. The van der Waals surface area contributed by atoms with Gasteiger partial charge in [-0.1, -0.05) is 48.0 Å². The highest BCUT2D eigenvalue weighted by Crippen LogP contribution is 2.32. The van der Waals surface area contributed by atoms with Crippen molar-refractivity contribution in [3.63, 3.8) is 0 Å². The topological polar surface area (TPSA) is 41.1 Å². The lowest BCUT2D eigenvalue weighted by molar-refractivity contribution is -0.142. The zero-order valence-electron chi connectivity index (χ0n) is 15.0. The number of hydrogen-bond acceptors (Lipinski definition) is 4. The van der Waals surface area contributed by atoms with Gasteiger partial charge in [-0.25, -0.2) is 9.97 Å². The molecule has 146 valence electrons. The number of hydrogen-bond donors (Lipinski definition) is 1. The number of rotatable bonds is 6. The third-order valence-electron chi connectivity index (χ3n) is 3.95. The highest BCUT2D eigenvalue weighted by Gasteiger charge is 2.36. The molecular weight excluding hydrogens is 389 g/mol. The molecule has 0 bridgehead atoms. The Kier molecular flexibility index (Phi) is 6.16. The Morgan fingerprint density at radius 3 is 2.46 bits per heavy atom. The molecule has 1 heterocycles. The molecular formula is C20H18ClF3N4. The second-order valence-electron chi connectivity index (χ2n) is 6.36. The van der Waals surface area contributed by atoms with Gasteiger partial charge >= 0.3 is 6.18 Å². The summed E-state index contributed by atoms with van der Waals surface area (Å²) in [5, 5.41) is 3.22. The lowest BCUT2D eigenvalue weighted by Gasteiger charge is -2.19. The molecule has 8 heteroatoms. The van der Waals surface area contributed by atoms with Crippen LogP contribution in [0.4, 0.5) is 24.8 Å². The first-order chi connectivity index (χ1) is 13.3. The van der Waals surface area contributed by atoms with Gasteiger partial charge in [0.2, 0.25) is 5.95 Å². The van der Waals surface area contributed by atoms with Crippen molar-refractivity contribution in [1.29, 1.82) is 0 Å². The molecule has 0 radical (unpaired) electrons. The van der Waals surface area contributed by atoms with E-state index in [4.69, 9.17) is 11.6 Å². The van der Waals surface area contributed by atoms with Crippen LogP contribution in [-0.4, -0.2) is 21.9 Å². The second kappa shape index (κ2) is 8.58. The van der Waals surface area contributed by atoms with Gasteiger partial charge in [-0.05, 0) is 30.8 Å². The maximum Gasteiger partial charge on any atom is 0.433 e. The summed E-state index contributed by atoms with van der Waals surface area (Å²) in [5.41, 5.74) is 0.586. The number of benzene rings is 2. The Bertz CT molecular complexity index is 932. The van der Waals surface area contributed by atoms with Crippen molar-refractivity contribution >= 4 is 23.2 Å². The Balaban J connectivity index is 1.80. The van der Waals surface area contributed by atoms with Gasteiger partial charge < -0.3 is 5.32 Å². The molecule has 0 spiro atoms. The van der Waals surface area contributed by atoms with E-state index >= 15 is 0 Å². The third-order valence-corrected chi connectivity index (χ3v) is 4.18. The van der Waals surface area contributed by atoms with E-state index < -0.39 is 11.9 Å². The Morgan fingerprint density at radius 2 is 1.79 bits per heavy atom. The van der Waals surface area contributed by atoms with Gasteiger partial charge in [0.15, 0.2) is 5.69 Å². The normalized spacial score (nSPS) is 11.6. The Morgan fingerprint density at radius 1 is 1.04 bits per heavy atom. The molecule has 0 aliphatic heterocycles. The average molecular weight is 407 g/mol. The number of halogens is 4. The number of aromatic nitrogens is 2. The molecule has 0 atom stereocenters. The van der Waals surface area contributed by atoms with Crippen LogP contribution in [0.15, 0.2) is 60.8 Å². The van der Waals surface area contributed by atoms with Crippen molar-refractivity contribution in [3.05, 3.63) is 82.6 Å². The van der Waals surface area contributed by atoms with Crippen LogP contribution < -0.4 is 5.32 Å². The molecule has 0 amide bonds. The Labute approximate surface area is 166 Å². The molecule has 0 aliphatic carbocycles. The SMILES string of the molecule is CN(Cc1ccccc1)Cc1cnc(Nc2cccc(Cl)c2)nc1C(F)(F)F. The van der Waals surface area contributed by atoms with Gasteiger partial charge in [0.1, 0.15) is 0 Å². The van der Waals surface area contributed by atoms with Crippen LogP contribution in [0.2, 0.25) is 5.02 Å². The summed E-state index contributed by atoms with van der Waals surface area (Å²) in [4.78, 5) is 9.54.